The molecule has 0 amide bonds. The Kier molecular flexibility index (Phi) is 2.51. The fraction of sp³-hybridized carbons (Fsp3) is 1.00. The SMILES string of the molecule is C[C@H](NS(C)(=O)=O)C1CCN1. The zero-order valence-electron chi connectivity index (χ0n) is 6.79. The molecule has 0 aromatic carbocycles. The molecule has 1 aliphatic heterocycles. The number of hydrogen-bond donors (Lipinski definition) is 2. The van der Waals surface area contributed by atoms with E-state index in [4.69, 9.17) is 0 Å². The van der Waals surface area contributed by atoms with Crippen LogP contribution in [-0.4, -0.2) is 33.3 Å². The van der Waals surface area contributed by atoms with Gasteiger partial charge in [-0.2, -0.15) is 0 Å². The third-order valence-electron chi connectivity index (χ3n) is 1.87. The molecular formula is C6H14N2O2S. The van der Waals surface area contributed by atoms with Gasteiger partial charge in [0.05, 0.1) is 6.26 Å². The van der Waals surface area contributed by atoms with Gasteiger partial charge in [0.2, 0.25) is 10.0 Å². The Morgan fingerprint density at radius 3 is 2.45 bits per heavy atom. The van der Waals surface area contributed by atoms with Crippen molar-refractivity contribution in [3.05, 3.63) is 0 Å². The number of rotatable bonds is 3. The van der Waals surface area contributed by atoms with Crippen molar-refractivity contribution >= 4 is 10.0 Å². The van der Waals surface area contributed by atoms with E-state index in [1.54, 1.807) is 0 Å². The number of nitrogens with one attached hydrogen (secondary N) is 2. The van der Waals surface area contributed by atoms with Gasteiger partial charge in [-0.25, -0.2) is 13.1 Å². The van der Waals surface area contributed by atoms with Gasteiger partial charge >= 0.3 is 0 Å². The van der Waals surface area contributed by atoms with Crippen molar-refractivity contribution < 1.29 is 8.42 Å². The molecule has 0 radical (unpaired) electrons. The molecule has 1 heterocycles. The largest absolute Gasteiger partial charge is 0.312 e. The van der Waals surface area contributed by atoms with Crippen molar-refractivity contribution in [2.75, 3.05) is 12.8 Å². The summed E-state index contributed by atoms with van der Waals surface area (Å²) in [5, 5.41) is 3.14. The molecule has 0 bridgehead atoms. The molecule has 1 aliphatic rings. The van der Waals surface area contributed by atoms with E-state index in [1.807, 2.05) is 6.92 Å². The molecule has 0 saturated carbocycles. The van der Waals surface area contributed by atoms with E-state index in [0.717, 1.165) is 13.0 Å². The molecule has 0 spiro atoms. The standard InChI is InChI=1S/C6H14N2O2S/c1-5(6-3-4-7-6)8-11(2,9)10/h5-8H,3-4H2,1-2H3/t5-,6?/m0/s1. The van der Waals surface area contributed by atoms with Gasteiger partial charge in [-0.3, -0.25) is 0 Å². The monoisotopic (exact) mass is 178 g/mol. The van der Waals surface area contributed by atoms with Crippen molar-refractivity contribution in [2.24, 2.45) is 0 Å². The molecule has 0 aromatic heterocycles. The van der Waals surface area contributed by atoms with E-state index < -0.39 is 10.0 Å². The Labute approximate surface area is 67.4 Å². The predicted octanol–water partition coefficient (Wildman–Crippen LogP) is -0.714. The van der Waals surface area contributed by atoms with E-state index in [0.29, 0.717) is 6.04 Å². The molecule has 5 heteroatoms. The Morgan fingerprint density at radius 1 is 1.64 bits per heavy atom. The summed E-state index contributed by atoms with van der Waals surface area (Å²) in [6, 6.07) is 0.337. The zero-order chi connectivity index (χ0) is 8.48. The average molecular weight is 178 g/mol. The molecule has 1 fully saturated rings. The molecule has 0 aliphatic carbocycles. The average Bonchev–Trinajstić information content (AvgIpc) is 1.50. The lowest BCUT2D eigenvalue weighted by Crippen LogP contribution is -2.55. The van der Waals surface area contributed by atoms with Gasteiger partial charge in [0, 0.05) is 12.1 Å². The summed E-state index contributed by atoms with van der Waals surface area (Å²) in [4.78, 5) is 0. The van der Waals surface area contributed by atoms with E-state index >= 15 is 0 Å². The molecular weight excluding hydrogens is 164 g/mol. The van der Waals surface area contributed by atoms with Gasteiger partial charge in [-0.15, -0.1) is 0 Å². The van der Waals surface area contributed by atoms with Crippen LogP contribution >= 0.6 is 0 Å². The van der Waals surface area contributed by atoms with Crippen LogP contribution < -0.4 is 10.0 Å². The summed E-state index contributed by atoms with van der Waals surface area (Å²) >= 11 is 0. The molecule has 4 nitrogen and oxygen atoms in total. The topological polar surface area (TPSA) is 58.2 Å². The zero-order valence-corrected chi connectivity index (χ0v) is 7.61. The van der Waals surface area contributed by atoms with E-state index in [1.165, 1.54) is 6.26 Å². The highest BCUT2D eigenvalue weighted by molar-refractivity contribution is 7.88. The van der Waals surface area contributed by atoms with E-state index in [2.05, 4.69) is 10.0 Å². The fourth-order valence-corrected chi connectivity index (χ4v) is 2.00. The smallest absolute Gasteiger partial charge is 0.208 e. The van der Waals surface area contributed by atoms with Gasteiger partial charge in [-0.1, -0.05) is 0 Å². The van der Waals surface area contributed by atoms with Crippen LogP contribution in [0.25, 0.3) is 0 Å². The molecule has 2 N–H and O–H groups in total. The molecule has 66 valence electrons. The quantitative estimate of drug-likeness (QED) is 0.600. The molecule has 0 aromatic rings. The highest BCUT2D eigenvalue weighted by Gasteiger charge is 2.24. The first-order valence-electron chi connectivity index (χ1n) is 3.70. The third kappa shape index (κ3) is 2.76. The summed E-state index contributed by atoms with van der Waals surface area (Å²) < 4.78 is 24.0. The van der Waals surface area contributed by atoms with Crippen LogP contribution in [0.2, 0.25) is 0 Å². The van der Waals surface area contributed by atoms with Gasteiger partial charge in [0.25, 0.3) is 0 Å². The van der Waals surface area contributed by atoms with Crippen LogP contribution in [0.1, 0.15) is 13.3 Å². The van der Waals surface area contributed by atoms with E-state index in [9.17, 15) is 8.42 Å². The number of hydrogen-bond acceptors (Lipinski definition) is 3. The highest BCUT2D eigenvalue weighted by atomic mass is 32.2. The Morgan fingerprint density at radius 2 is 2.18 bits per heavy atom. The lowest BCUT2D eigenvalue weighted by atomic mass is 10.0. The minimum absolute atomic E-state index is 0.0127. The molecule has 1 rings (SSSR count). The fourth-order valence-electron chi connectivity index (χ4n) is 1.16. The lowest BCUT2D eigenvalue weighted by Gasteiger charge is -2.32. The van der Waals surface area contributed by atoms with Crippen molar-refractivity contribution in [3.63, 3.8) is 0 Å². The van der Waals surface area contributed by atoms with Crippen LogP contribution in [0.15, 0.2) is 0 Å². The maximum absolute atomic E-state index is 10.7. The minimum Gasteiger partial charge on any atom is -0.312 e. The second kappa shape index (κ2) is 3.08. The second-order valence-electron chi connectivity index (χ2n) is 3.03. The van der Waals surface area contributed by atoms with Crippen molar-refractivity contribution in [2.45, 2.75) is 25.4 Å². The van der Waals surface area contributed by atoms with Crippen LogP contribution in [0.4, 0.5) is 0 Å². The molecule has 11 heavy (non-hydrogen) atoms. The maximum Gasteiger partial charge on any atom is 0.208 e. The predicted molar refractivity (Wildman–Crippen MR) is 43.8 cm³/mol. The molecule has 1 unspecified atom stereocenters. The molecule has 1 saturated heterocycles. The lowest BCUT2D eigenvalue weighted by molar-refractivity contribution is 0.314. The highest BCUT2D eigenvalue weighted by Crippen LogP contribution is 2.06. The van der Waals surface area contributed by atoms with Crippen LogP contribution in [-0.2, 0) is 10.0 Å². The van der Waals surface area contributed by atoms with Gasteiger partial charge in [-0.05, 0) is 19.9 Å². The minimum atomic E-state index is -3.03. The first-order valence-corrected chi connectivity index (χ1v) is 5.59. The van der Waals surface area contributed by atoms with Gasteiger partial charge in [0.15, 0.2) is 0 Å². The summed E-state index contributed by atoms with van der Waals surface area (Å²) in [5.74, 6) is 0. The second-order valence-corrected chi connectivity index (χ2v) is 4.81. The number of sulfonamides is 1. The van der Waals surface area contributed by atoms with Crippen molar-refractivity contribution in [3.8, 4) is 0 Å². The summed E-state index contributed by atoms with van der Waals surface area (Å²) in [5.41, 5.74) is 0. The maximum atomic E-state index is 10.7. The Balaban J connectivity index is 2.36. The van der Waals surface area contributed by atoms with Gasteiger partial charge in [0.1, 0.15) is 0 Å². The molecule has 2 atom stereocenters. The first kappa shape index (κ1) is 8.96. The Bertz CT molecular complexity index is 221. The summed E-state index contributed by atoms with van der Waals surface area (Å²) in [7, 11) is -3.03. The van der Waals surface area contributed by atoms with E-state index in [-0.39, 0.29) is 6.04 Å². The Hall–Kier alpha value is -0.130. The normalized spacial score (nSPS) is 27.6. The third-order valence-corrected chi connectivity index (χ3v) is 2.67. The van der Waals surface area contributed by atoms with Crippen molar-refractivity contribution in [1.82, 2.24) is 10.0 Å². The van der Waals surface area contributed by atoms with Gasteiger partial charge < -0.3 is 5.32 Å². The first-order chi connectivity index (χ1) is 4.99. The van der Waals surface area contributed by atoms with Crippen molar-refractivity contribution in [1.29, 1.82) is 0 Å². The van der Waals surface area contributed by atoms with Crippen LogP contribution in [0.5, 0.6) is 0 Å². The van der Waals surface area contributed by atoms with Crippen LogP contribution in [0, 0.1) is 0 Å². The summed E-state index contributed by atoms with van der Waals surface area (Å²) in [6.45, 7) is 2.87. The summed E-state index contributed by atoms with van der Waals surface area (Å²) in [6.07, 6.45) is 2.24. The van der Waals surface area contributed by atoms with Crippen LogP contribution in [0.3, 0.4) is 0 Å².